The lowest BCUT2D eigenvalue weighted by Crippen LogP contribution is -2.26. The highest BCUT2D eigenvalue weighted by Crippen LogP contribution is 2.38. The number of nitrogens with one attached hydrogen (secondary N) is 2. The number of amides is 1. The predicted octanol–water partition coefficient (Wildman–Crippen LogP) is 17.9. The Balaban J connectivity index is 0.000000124. The number of anilines is 2. The van der Waals surface area contributed by atoms with Crippen LogP contribution < -0.4 is 10.6 Å². The zero-order chi connectivity index (χ0) is 74.2. The fraction of sp³-hybridized carbons (Fsp3) is 0.330. The normalized spacial score (nSPS) is 15.4. The first-order valence-electron chi connectivity index (χ1n) is 36.8. The fourth-order valence-electron chi connectivity index (χ4n) is 15.7. The average molecular weight is 1400 g/mol. The number of hydrogen-bond acceptors (Lipinski definition) is 11. The van der Waals surface area contributed by atoms with Crippen LogP contribution in [0.1, 0.15) is 143 Å². The van der Waals surface area contributed by atoms with E-state index in [0.29, 0.717) is 5.82 Å². The van der Waals surface area contributed by atoms with E-state index in [1.54, 1.807) is 0 Å². The molecule has 2 N–H and O–H groups in total. The second-order valence-electron chi connectivity index (χ2n) is 30.0. The Morgan fingerprint density at radius 2 is 0.781 bits per heavy atom. The Morgan fingerprint density at radius 1 is 0.438 bits per heavy atom. The van der Waals surface area contributed by atoms with Crippen LogP contribution in [0, 0.1) is 41.5 Å². The lowest BCUT2D eigenvalue weighted by Gasteiger charge is -2.23. The van der Waals surface area contributed by atoms with Crippen molar-refractivity contribution in [3.8, 4) is 0 Å². The molecule has 4 aromatic carbocycles. The number of carbonyl (C=O) groups is 1. The first-order chi connectivity index (χ1) is 50.3. The summed E-state index contributed by atoms with van der Waals surface area (Å²) in [6.45, 7) is 36.9. The topological polar surface area (TPSA) is 143 Å². The van der Waals surface area contributed by atoms with E-state index >= 15 is 0 Å². The molecule has 17 nitrogen and oxygen atoms in total. The number of carbonyl (C=O) groups excluding carboxylic acids is 1. The van der Waals surface area contributed by atoms with Gasteiger partial charge in [0.05, 0.1) is 34.0 Å². The molecule has 17 heteroatoms. The van der Waals surface area contributed by atoms with E-state index < -0.39 is 0 Å². The second-order valence-corrected chi connectivity index (χ2v) is 30.0. The Hall–Kier alpha value is -10.4. The third-order valence-electron chi connectivity index (χ3n) is 21.1. The minimum atomic E-state index is -0.113. The highest BCUT2D eigenvalue weighted by molar-refractivity contribution is 5.95. The molecule has 0 radical (unpaired) electrons. The van der Waals surface area contributed by atoms with Crippen molar-refractivity contribution in [2.24, 2.45) is 7.05 Å². The third kappa shape index (κ3) is 15.7. The Bertz CT molecular complexity index is 5220. The zero-order valence-electron chi connectivity index (χ0n) is 64.7. The molecule has 0 unspecified atom stereocenters. The highest BCUT2D eigenvalue weighted by atomic mass is 16.5. The molecule has 0 aliphatic carbocycles. The number of benzene rings is 4. The number of hydrogen-bond donors (Lipinski definition) is 2. The zero-order valence-corrected chi connectivity index (χ0v) is 64.7. The van der Waals surface area contributed by atoms with E-state index in [9.17, 15) is 4.79 Å². The van der Waals surface area contributed by atoms with Crippen LogP contribution in [0.25, 0.3) is 90.7 Å². The van der Waals surface area contributed by atoms with Crippen molar-refractivity contribution in [2.75, 3.05) is 65.0 Å². The SMILES string of the molecule is C/C(=C\n1c2c(c3cc(C)ccc31)CN(C)CC2)c1c(C)noc1C.C/C(=C\n1c2c(c3cc(C)ccc31)CN(C)CC2)c1cnn(C)c1.C=C(C)Nc1ccc(/C(C)=C\n2c3c(c4cc(C)ccc42)CN(C)CC3)cn1.CC(=O)Nc1ccc(/C(C)=C/n2c3c(c4cc(C)ccc42)CN(C)CC3)cn1. The fourth-order valence-corrected chi connectivity index (χ4v) is 15.7. The van der Waals surface area contributed by atoms with Crippen LogP contribution in [0.5, 0.6) is 0 Å². The minimum absolute atomic E-state index is 0.113. The van der Waals surface area contributed by atoms with Gasteiger partial charge >= 0.3 is 0 Å². The van der Waals surface area contributed by atoms with Crippen LogP contribution in [0.15, 0.2) is 139 Å². The molecule has 12 heterocycles. The van der Waals surface area contributed by atoms with Gasteiger partial charge in [-0.15, -0.1) is 0 Å². The van der Waals surface area contributed by atoms with Crippen LogP contribution in [0.3, 0.4) is 0 Å². The van der Waals surface area contributed by atoms with Crippen LogP contribution in [0.2, 0.25) is 0 Å². The Morgan fingerprint density at radius 3 is 1.08 bits per heavy atom. The predicted molar refractivity (Wildman–Crippen MR) is 437 cm³/mol. The van der Waals surface area contributed by atoms with Gasteiger partial charge in [0.25, 0.3) is 0 Å². The molecule has 0 fully saturated rings. The van der Waals surface area contributed by atoms with E-state index in [2.05, 4.69) is 269 Å². The first kappa shape index (κ1) is 72.9. The van der Waals surface area contributed by atoms with Gasteiger partial charge in [0.15, 0.2) is 0 Å². The van der Waals surface area contributed by atoms with Gasteiger partial charge in [-0.05, 0) is 233 Å². The maximum atomic E-state index is 11.2. The molecule has 0 saturated carbocycles. The minimum Gasteiger partial charge on any atom is -0.361 e. The number of pyridine rings is 2. The number of fused-ring (bicyclic) bond motifs is 12. The third-order valence-corrected chi connectivity index (χ3v) is 21.1. The van der Waals surface area contributed by atoms with Crippen LogP contribution in [0.4, 0.5) is 11.6 Å². The lowest BCUT2D eigenvalue weighted by molar-refractivity contribution is -0.114. The summed E-state index contributed by atoms with van der Waals surface area (Å²) in [6.07, 6.45) is 21.0. The summed E-state index contributed by atoms with van der Waals surface area (Å²) in [5.74, 6) is 2.17. The van der Waals surface area contributed by atoms with Gasteiger partial charge in [-0.1, -0.05) is 58.3 Å². The number of allylic oxidation sites excluding steroid dienone is 5. The number of aryl methyl sites for hydroxylation is 7. The van der Waals surface area contributed by atoms with Crippen LogP contribution in [-0.4, -0.2) is 123 Å². The molecule has 0 atom stereocenters. The van der Waals surface area contributed by atoms with Crippen molar-refractivity contribution in [3.05, 3.63) is 235 Å². The van der Waals surface area contributed by atoms with Gasteiger partial charge in [-0.25, -0.2) is 9.97 Å². The van der Waals surface area contributed by atoms with E-state index in [1.807, 2.05) is 69.3 Å². The van der Waals surface area contributed by atoms with Gasteiger partial charge in [0.2, 0.25) is 5.91 Å². The highest BCUT2D eigenvalue weighted by Gasteiger charge is 2.27. The molecule has 4 aliphatic rings. The number of rotatable bonds is 11. The Labute approximate surface area is 619 Å². The molecule has 16 rings (SSSR count). The molecule has 1 amide bonds. The van der Waals surface area contributed by atoms with Gasteiger partial charge in [-0.2, -0.15) is 5.10 Å². The summed E-state index contributed by atoms with van der Waals surface area (Å²) in [5, 5.41) is 19.8. The Kier molecular flexibility index (Phi) is 21.3. The molecule has 105 heavy (non-hydrogen) atoms. The number of aromatic nitrogens is 9. The maximum absolute atomic E-state index is 11.2. The van der Waals surface area contributed by atoms with Gasteiger partial charge in [0, 0.05) is 197 Å². The standard InChI is InChI=1S/C24H28N4.C23H26N4O.C21H25N3O.C20H24N4/c1-16(2)26-24-9-7-19(13-25-24)18(4)14-28-22-8-6-17(3)12-20(22)21-15-27(5)11-10-23(21)28;1-15-5-7-21-19(11-15)20-14-26(4)10-9-22(20)27(21)13-16(2)18-6-8-23(24-12-18)25-17(3)28;1-13-6-7-19-17(10-13)18-12-23(5)9-8-20(18)24(19)11-14(2)21-15(3)22-25-16(21)4;1-14-5-6-19-17(9-14)18-13-22(3)8-7-20(18)24(19)11-15(2)16-10-21-23(4)12-16/h6-9,12-14H,1,10-11,15H2,2-5H3,(H,25,26);5-8,11-13H,9-10,14H2,1-4H3,(H,24,25,28);6-7,10-11H,8-9,12H2,1-5H3;5-6,9-12H,7-8,13H2,1-4H3/b18-14-;16-13+;14-11+;15-11+. The molecule has 12 aromatic rings. The molecular weight excluding hydrogens is 1300 g/mol. The first-order valence-corrected chi connectivity index (χ1v) is 36.8. The van der Waals surface area contributed by atoms with Crippen LogP contribution >= 0.6 is 0 Å². The van der Waals surface area contributed by atoms with E-state index in [-0.39, 0.29) is 5.91 Å². The summed E-state index contributed by atoms with van der Waals surface area (Å²) >= 11 is 0. The number of likely N-dealkylation sites (N-methyl/N-ethyl adjacent to an activating group) is 4. The van der Waals surface area contributed by atoms with E-state index in [0.717, 1.165) is 123 Å². The molecule has 0 spiro atoms. The van der Waals surface area contributed by atoms with Crippen molar-refractivity contribution < 1.29 is 9.32 Å². The van der Waals surface area contributed by atoms with Gasteiger partial charge in [0.1, 0.15) is 17.4 Å². The van der Waals surface area contributed by atoms with Crippen molar-refractivity contribution in [1.82, 2.24) is 62.8 Å². The van der Waals surface area contributed by atoms with Crippen molar-refractivity contribution in [1.29, 1.82) is 0 Å². The van der Waals surface area contributed by atoms with Crippen molar-refractivity contribution >= 4 is 108 Å². The molecular formula is C88H103N15O2. The van der Waals surface area contributed by atoms with Crippen LogP contribution in [-0.2, 0) is 63.7 Å². The summed E-state index contributed by atoms with van der Waals surface area (Å²) < 4.78 is 16.8. The average Bonchev–Trinajstić information content (AvgIpc) is 1.65. The molecule has 0 bridgehead atoms. The molecule has 542 valence electrons. The lowest BCUT2D eigenvalue weighted by atomic mass is 10.0. The number of nitrogens with zero attached hydrogens (tertiary/aromatic N) is 13. The van der Waals surface area contributed by atoms with E-state index in [4.69, 9.17) is 4.52 Å². The maximum Gasteiger partial charge on any atom is 0.222 e. The quantitative estimate of drug-likeness (QED) is 0.128. The van der Waals surface area contributed by atoms with E-state index in [1.165, 1.54) is 140 Å². The molecule has 0 saturated heterocycles. The summed E-state index contributed by atoms with van der Waals surface area (Å²) in [7, 11) is 10.8. The summed E-state index contributed by atoms with van der Waals surface area (Å²) in [6, 6.07) is 35.0. The largest absolute Gasteiger partial charge is 0.361 e. The second kappa shape index (κ2) is 30.7. The molecule has 4 aliphatic heterocycles. The summed E-state index contributed by atoms with van der Waals surface area (Å²) in [4.78, 5) is 29.6. The van der Waals surface area contributed by atoms with Gasteiger partial charge < -0.3 is 53.0 Å². The van der Waals surface area contributed by atoms with Crippen molar-refractivity contribution in [2.45, 2.75) is 135 Å². The summed E-state index contributed by atoms with van der Waals surface area (Å²) in [5.41, 5.74) is 33.1. The monoisotopic (exact) mass is 1400 g/mol. The molecule has 8 aromatic heterocycles. The van der Waals surface area contributed by atoms with Gasteiger partial charge in [-0.3, -0.25) is 9.48 Å². The smallest absolute Gasteiger partial charge is 0.222 e. The van der Waals surface area contributed by atoms with Crippen molar-refractivity contribution in [3.63, 3.8) is 0 Å².